The van der Waals surface area contributed by atoms with Crippen LogP contribution in [0.1, 0.15) is 31.2 Å². The van der Waals surface area contributed by atoms with Gasteiger partial charge < -0.3 is 20.1 Å². The third-order valence-electron chi connectivity index (χ3n) is 3.26. The summed E-state index contributed by atoms with van der Waals surface area (Å²) in [4.78, 5) is 25.9. The summed E-state index contributed by atoms with van der Waals surface area (Å²) >= 11 is 1.31. The predicted molar refractivity (Wildman–Crippen MR) is 81.6 cm³/mol. The molecule has 21 heavy (non-hydrogen) atoms. The molecule has 0 radical (unpaired) electrons. The number of nitrogens with one attached hydrogen (secondary N) is 1. The van der Waals surface area contributed by atoms with Crippen LogP contribution in [0.3, 0.4) is 0 Å². The summed E-state index contributed by atoms with van der Waals surface area (Å²) in [5, 5.41) is 13.7. The fourth-order valence-corrected chi connectivity index (χ4v) is 2.62. The molecule has 6 nitrogen and oxygen atoms in total. The van der Waals surface area contributed by atoms with E-state index in [1.165, 1.54) is 11.3 Å². The molecule has 2 amide bonds. The van der Waals surface area contributed by atoms with Crippen LogP contribution < -0.4 is 5.32 Å². The minimum atomic E-state index is -1.07. The highest BCUT2D eigenvalue weighted by Crippen LogP contribution is 2.20. The van der Waals surface area contributed by atoms with Gasteiger partial charge in [0.25, 0.3) is 0 Å². The molecule has 2 N–H and O–H groups in total. The first-order chi connectivity index (χ1) is 10.0. The van der Waals surface area contributed by atoms with Gasteiger partial charge in [0.15, 0.2) is 6.04 Å². The van der Waals surface area contributed by atoms with E-state index < -0.39 is 12.0 Å². The number of ether oxygens (including phenoxy) is 1. The van der Waals surface area contributed by atoms with Crippen LogP contribution in [-0.2, 0) is 9.53 Å². The molecule has 118 valence electrons. The number of carboxylic acids is 1. The number of carboxylic acid groups (broad SMARTS) is 1. The SMILES string of the molecule is CCC(C)N(CCOC)C(=O)NC(C(=O)O)c1cccs1. The van der Waals surface area contributed by atoms with Gasteiger partial charge in [0, 0.05) is 24.6 Å². The molecule has 0 saturated heterocycles. The van der Waals surface area contributed by atoms with E-state index in [0.29, 0.717) is 18.0 Å². The molecule has 0 aliphatic heterocycles. The molecule has 2 atom stereocenters. The Kier molecular flexibility index (Phi) is 7.18. The van der Waals surface area contributed by atoms with E-state index >= 15 is 0 Å². The highest BCUT2D eigenvalue weighted by molar-refractivity contribution is 7.10. The van der Waals surface area contributed by atoms with Gasteiger partial charge in [-0.05, 0) is 24.8 Å². The van der Waals surface area contributed by atoms with Crippen molar-refractivity contribution in [3.05, 3.63) is 22.4 Å². The minimum Gasteiger partial charge on any atom is -0.479 e. The average molecular weight is 314 g/mol. The van der Waals surface area contributed by atoms with Crippen molar-refractivity contribution >= 4 is 23.3 Å². The lowest BCUT2D eigenvalue weighted by molar-refractivity contribution is -0.139. The summed E-state index contributed by atoms with van der Waals surface area (Å²) in [7, 11) is 1.57. The van der Waals surface area contributed by atoms with Crippen LogP contribution >= 0.6 is 11.3 Å². The van der Waals surface area contributed by atoms with Crippen molar-refractivity contribution in [2.24, 2.45) is 0 Å². The number of carbonyl (C=O) groups is 2. The molecule has 1 heterocycles. The number of aliphatic carboxylic acids is 1. The molecule has 0 aliphatic rings. The van der Waals surface area contributed by atoms with Gasteiger partial charge in [-0.1, -0.05) is 13.0 Å². The molecule has 1 aromatic heterocycles. The summed E-state index contributed by atoms with van der Waals surface area (Å²) in [6, 6.07) is 2.07. The summed E-state index contributed by atoms with van der Waals surface area (Å²) in [6.07, 6.45) is 0.786. The van der Waals surface area contributed by atoms with E-state index in [2.05, 4.69) is 5.32 Å². The number of nitrogens with zero attached hydrogens (tertiary/aromatic N) is 1. The Bertz CT molecular complexity index is 450. The van der Waals surface area contributed by atoms with E-state index in [-0.39, 0.29) is 12.1 Å². The van der Waals surface area contributed by atoms with Gasteiger partial charge >= 0.3 is 12.0 Å². The third-order valence-corrected chi connectivity index (χ3v) is 4.20. The Balaban J connectivity index is 2.80. The van der Waals surface area contributed by atoms with Crippen LogP contribution in [-0.4, -0.2) is 48.3 Å². The maximum absolute atomic E-state index is 12.4. The van der Waals surface area contributed by atoms with Crippen molar-refractivity contribution < 1.29 is 19.4 Å². The van der Waals surface area contributed by atoms with Crippen molar-refractivity contribution in [1.29, 1.82) is 0 Å². The fourth-order valence-electron chi connectivity index (χ4n) is 1.85. The lowest BCUT2D eigenvalue weighted by atomic mass is 10.2. The van der Waals surface area contributed by atoms with E-state index in [1.807, 2.05) is 13.8 Å². The van der Waals surface area contributed by atoms with Crippen LogP contribution in [0.2, 0.25) is 0 Å². The monoisotopic (exact) mass is 314 g/mol. The zero-order chi connectivity index (χ0) is 15.8. The van der Waals surface area contributed by atoms with E-state index in [4.69, 9.17) is 4.74 Å². The summed E-state index contributed by atoms with van der Waals surface area (Å²) in [5.74, 6) is -1.07. The van der Waals surface area contributed by atoms with Crippen molar-refractivity contribution in [1.82, 2.24) is 10.2 Å². The Hall–Kier alpha value is -1.60. The standard InChI is InChI=1S/C14H22N2O4S/c1-4-10(2)16(7-8-20-3)14(19)15-12(13(17)18)11-6-5-9-21-11/h5-6,9-10,12H,4,7-8H2,1-3H3,(H,15,19)(H,17,18). The number of methoxy groups -OCH3 is 1. The molecule has 0 aliphatic carbocycles. The van der Waals surface area contributed by atoms with Gasteiger partial charge in [-0.25, -0.2) is 9.59 Å². The molecule has 0 aromatic carbocycles. The van der Waals surface area contributed by atoms with Crippen molar-refractivity contribution in [2.75, 3.05) is 20.3 Å². The van der Waals surface area contributed by atoms with Crippen molar-refractivity contribution in [3.8, 4) is 0 Å². The molecule has 0 saturated carbocycles. The molecule has 2 unspecified atom stereocenters. The van der Waals surface area contributed by atoms with Gasteiger partial charge in [-0.15, -0.1) is 11.3 Å². The maximum atomic E-state index is 12.4. The normalized spacial score (nSPS) is 13.5. The molecule has 0 fully saturated rings. The van der Waals surface area contributed by atoms with Crippen LogP contribution in [0.5, 0.6) is 0 Å². The highest BCUT2D eigenvalue weighted by atomic mass is 32.1. The van der Waals surface area contributed by atoms with Crippen molar-refractivity contribution in [2.45, 2.75) is 32.4 Å². The number of hydrogen-bond donors (Lipinski definition) is 2. The molecule has 0 bridgehead atoms. The molecule has 7 heteroatoms. The lowest BCUT2D eigenvalue weighted by Gasteiger charge is -2.29. The summed E-state index contributed by atoms with van der Waals surface area (Å²) in [6.45, 7) is 4.74. The second-order valence-corrected chi connectivity index (χ2v) is 5.66. The van der Waals surface area contributed by atoms with Gasteiger partial charge in [-0.2, -0.15) is 0 Å². The van der Waals surface area contributed by atoms with Crippen LogP contribution in [0.25, 0.3) is 0 Å². The second-order valence-electron chi connectivity index (χ2n) is 4.68. The topological polar surface area (TPSA) is 78.9 Å². The number of amides is 2. The number of hydrogen-bond acceptors (Lipinski definition) is 4. The predicted octanol–water partition coefficient (Wildman–Crippen LogP) is 2.33. The third kappa shape index (κ3) is 5.02. The molecule has 0 spiro atoms. The molecular formula is C14H22N2O4S. The summed E-state index contributed by atoms with van der Waals surface area (Å²) in [5.41, 5.74) is 0. The Morgan fingerprint density at radius 1 is 1.52 bits per heavy atom. The first-order valence-electron chi connectivity index (χ1n) is 6.83. The summed E-state index contributed by atoms with van der Waals surface area (Å²) < 4.78 is 5.01. The van der Waals surface area contributed by atoms with Gasteiger partial charge in [0.2, 0.25) is 0 Å². The van der Waals surface area contributed by atoms with Crippen molar-refractivity contribution in [3.63, 3.8) is 0 Å². The first-order valence-corrected chi connectivity index (χ1v) is 7.71. The lowest BCUT2D eigenvalue weighted by Crippen LogP contribution is -2.48. The van der Waals surface area contributed by atoms with E-state index in [0.717, 1.165) is 6.42 Å². The molecule has 1 rings (SSSR count). The minimum absolute atomic E-state index is 0.0120. The van der Waals surface area contributed by atoms with E-state index in [9.17, 15) is 14.7 Å². The van der Waals surface area contributed by atoms with Crippen LogP contribution in [0.4, 0.5) is 4.79 Å². The van der Waals surface area contributed by atoms with Crippen LogP contribution in [0.15, 0.2) is 17.5 Å². The molecular weight excluding hydrogens is 292 g/mol. The zero-order valence-electron chi connectivity index (χ0n) is 12.5. The van der Waals surface area contributed by atoms with Crippen LogP contribution in [0, 0.1) is 0 Å². The number of thiophene rings is 1. The molecule has 1 aromatic rings. The highest BCUT2D eigenvalue weighted by Gasteiger charge is 2.27. The largest absolute Gasteiger partial charge is 0.479 e. The van der Waals surface area contributed by atoms with Gasteiger partial charge in [0.05, 0.1) is 6.61 Å². The van der Waals surface area contributed by atoms with E-state index in [1.54, 1.807) is 29.5 Å². The second kappa shape index (κ2) is 8.63. The zero-order valence-corrected chi connectivity index (χ0v) is 13.4. The fraction of sp³-hybridized carbons (Fsp3) is 0.571. The Morgan fingerprint density at radius 3 is 2.71 bits per heavy atom. The quantitative estimate of drug-likeness (QED) is 0.772. The first kappa shape index (κ1) is 17.5. The Labute approximate surface area is 128 Å². The number of rotatable bonds is 8. The average Bonchev–Trinajstić information content (AvgIpc) is 2.98. The van der Waals surface area contributed by atoms with Gasteiger partial charge in [-0.3, -0.25) is 0 Å². The smallest absolute Gasteiger partial charge is 0.331 e. The number of urea groups is 1. The number of carbonyl (C=O) groups excluding carboxylic acids is 1. The Morgan fingerprint density at radius 2 is 2.24 bits per heavy atom. The maximum Gasteiger partial charge on any atom is 0.331 e. The van der Waals surface area contributed by atoms with Gasteiger partial charge in [0.1, 0.15) is 0 Å².